The van der Waals surface area contributed by atoms with Gasteiger partial charge in [0.1, 0.15) is 0 Å². The second-order valence-electron chi connectivity index (χ2n) is 5.73. The summed E-state index contributed by atoms with van der Waals surface area (Å²) in [6.07, 6.45) is 2.26. The van der Waals surface area contributed by atoms with Gasteiger partial charge in [0.15, 0.2) is 12.1 Å². The van der Waals surface area contributed by atoms with Gasteiger partial charge in [0.05, 0.1) is 5.56 Å². The highest BCUT2D eigenvalue weighted by atomic mass is 35.5. The normalized spacial score (nSPS) is 17.1. The fraction of sp³-hybridized carbons (Fsp3) is 0.263. The number of ether oxygens (including phenoxy) is 1. The Labute approximate surface area is 150 Å². The van der Waals surface area contributed by atoms with Gasteiger partial charge < -0.3 is 4.74 Å². The summed E-state index contributed by atoms with van der Waals surface area (Å²) in [5.41, 5.74) is 3.40. The van der Waals surface area contributed by atoms with E-state index < -0.39 is 12.2 Å². The molecule has 0 saturated carbocycles. The van der Waals surface area contributed by atoms with Crippen molar-refractivity contribution in [2.75, 3.05) is 6.61 Å². The third kappa shape index (κ3) is 4.45. The van der Waals surface area contributed by atoms with E-state index in [0.717, 1.165) is 19.3 Å². The SMILES string of the molecule is O=C(NOC1CCCCO1)c1ccccc1C(=O)c1ccc(Cl)cc1. The molecule has 1 amide bonds. The molecule has 1 unspecified atom stereocenters. The van der Waals surface area contributed by atoms with Crippen LogP contribution in [0.2, 0.25) is 5.02 Å². The van der Waals surface area contributed by atoms with E-state index in [2.05, 4.69) is 5.48 Å². The molecule has 2 aromatic carbocycles. The lowest BCUT2D eigenvalue weighted by Crippen LogP contribution is -2.33. The molecule has 3 rings (SSSR count). The van der Waals surface area contributed by atoms with Gasteiger partial charge in [-0.15, -0.1) is 0 Å². The van der Waals surface area contributed by atoms with Crippen LogP contribution in [0.1, 0.15) is 45.5 Å². The number of carbonyl (C=O) groups excluding carboxylic acids is 2. The Morgan fingerprint density at radius 3 is 2.44 bits per heavy atom. The summed E-state index contributed by atoms with van der Waals surface area (Å²) in [5, 5.41) is 0.545. The molecular formula is C19H18ClNO4. The van der Waals surface area contributed by atoms with Crippen LogP contribution in [0, 0.1) is 0 Å². The van der Waals surface area contributed by atoms with Crippen LogP contribution < -0.4 is 5.48 Å². The number of carbonyl (C=O) groups is 2. The largest absolute Gasteiger partial charge is 0.350 e. The minimum absolute atomic E-state index is 0.248. The van der Waals surface area contributed by atoms with Gasteiger partial charge in [0.2, 0.25) is 0 Å². The molecule has 1 aliphatic heterocycles. The highest BCUT2D eigenvalue weighted by Gasteiger charge is 2.20. The monoisotopic (exact) mass is 359 g/mol. The van der Waals surface area contributed by atoms with E-state index in [1.165, 1.54) is 0 Å². The molecule has 0 aromatic heterocycles. The number of halogens is 1. The molecule has 0 bridgehead atoms. The van der Waals surface area contributed by atoms with Crippen molar-refractivity contribution < 1.29 is 19.2 Å². The Morgan fingerprint density at radius 1 is 1.04 bits per heavy atom. The molecule has 25 heavy (non-hydrogen) atoms. The molecule has 6 heteroatoms. The number of nitrogens with one attached hydrogen (secondary N) is 1. The lowest BCUT2D eigenvalue weighted by molar-refractivity contribution is -0.186. The van der Waals surface area contributed by atoms with E-state index in [0.29, 0.717) is 22.8 Å². The van der Waals surface area contributed by atoms with Crippen molar-refractivity contribution in [3.05, 3.63) is 70.2 Å². The zero-order chi connectivity index (χ0) is 17.6. The number of hydrogen-bond acceptors (Lipinski definition) is 4. The van der Waals surface area contributed by atoms with Crippen LogP contribution >= 0.6 is 11.6 Å². The van der Waals surface area contributed by atoms with E-state index >= 15 is 0 Å². The van der Waals surface area contributed by atoms with Crippen molar-refractivity contribution in [1.29, 1.82) is 0 Å². The van der Waals surface area contributed by atoms with Gasteiger partial charge >= 0.3 is 0 Å². The Kier molecular flexibility index (Phi) is 5.81. The molecule has 1 N–H and O–H groups in total. The third-order valence-corrected chi connectivity index (χ3v) is 4.20. The first-order valence-corrected chi connectivity index (χ1v) is 8.50. The lowest BCUT2D eigenvalue weighted by Gasteiger charge is -2.22. The summed E-state index contributed by atoms with van der Waals surface area (Å²) in [7, 11) is 0. The van der Waals surface area contributed by atoms with Crippen molar-refractivity contribution in [2.45, 2.75) is 25.6 Å². The van der Waals surface area contributed by atoms with E-state index in [1.807, 2.05) is 0 Å². The van der Waals surface area contributed by atoms with Gasteiger partial charge in [0.25, 0.3) is 5.91 Å². The summed E-state index contributed by atoms with van der Waals surface area (Å²) < 4.78 is 5.41. The maximum Gasteiger partial charge on any atom is 0.275 e. The van der Waals surface area contributed by atoms with E-state index in [1.54, 1.807) is 48.5 Å². The maximum atomic E-state index is 12.7. The van der Waals surface area contributed by atoms with Crippen molar-refractivity contribution in [3.8, 4) is 0 Å². The van der Waals surface area contributed by atoms with Crippen LogP contribution in [-0.4, -0.2) is 24.6 Å². The predicted molar refractivity (Wildman–Crippen MR) is 93.5 cm³/mol. The smallest absolute Gasteiger partial charge is 0.275 e. The molecule has 1 aliphatic rings. The molecule has 5 nitrogen and oxygen atoms in total. The fourth-order valence-corrected chi connectivity index (χ4v) is 2.74. The van der Waals surface area contributed by atoms with E-state index in [9.17, 15) is 9.59 Å². The molecule has 0 spiro atoms. The van der Waals surface area contributed by atoms with Crippen molar-refractivity contribution >= 4 is 23.3 Å². The highest BCUT2D eigenvalue weighted by Crippen LogP contribution is 2.18. The maximum absolute atomic E-state index is 12.7. The standard InChI is InChI=1S/C19H18ClNO4/c20-14-10-8-13(9-11-14)18(22)15-5-1-2-6-16(15)19(23)21-25-17-7-3-4-12-24-17/h1-2,5-6,8-11,17H,3-4,7,12H2,(H,21,23). The first-order chi connectivity index (χ1) is 12.1. The predicted octanol–water partition coefficient (Wildman–Crippen LogP) is 3.76. The molecule has 2 aromatic rings. The van der Waals surface area contributed by atoms with Crippen LogP contribution in [0.15, 0.2) is 48.5 Å². The average molecular weight is 360 g/mol. The molecular weight excluding hydrogens is 342 g/mol. The van der Waals surface area contributed by atoms with Gasteiger partial charge in [-0.2, -0.15) is 0 Å². The molecule has 0 radical (unpaired) electrons. The Morgan fingerprint density at radius 2 is 1.76 bits per heavy atom. The van der Waals surface area contributed by atoms with Crippen LogP contribution in [0.5, 0.6) is 0 Å². The van der Waals surface area contributed by atoms with Crippen molar-refractivity contribution in [3.63, 3.8) is 0 Å². The second-order valence-corrected chi connectivity index (χ2v) is 6.16. The molecule has 0 aliphatic carbocycles. The number of hydrogen-bond donors (Lipinski definition) is 1. The average Bonchev–Trinajstić information content (AvgIpc) is 2.67. The van der Waals surface area contributed by atoms with Crippen LogP contribution in [-0.2, 0) is 9.57 Å². The van der Waals surface area contributed by atoms with Gasteiger partial charge in [-0.1, -0.05) is 29.8 Å². The zero-order valence-corrected chi connectivity index (χ0v) is 14.3. The highest BCUT2D eigenvalue weighted by molar-refractivity contribution is 6.30. The van der Waals surface area contributed by atoms with Crippen LogP contribution in [0.4, 0.5) is 0 Å². The fourth-order valence-electron chi connectivity index (χ4n) is 2.61. The van der Waals surface area contributed by atoms with Gasteiger partial charge in [-0.25, -0.2) is 10.3 Å². The summed E-state index contributed by atoms with van der Waals surface area (Å²) in [5.74, 6) is -0.733. The molecule has 1 atom stereocenters. The van der Waals surface area contributed by atoms with E-state index in [-0.39, 0.29) is 11.3 Å². The quantitative estimate of drug-likeness (QED) is 0.652. The van der Waals surface area contributed by atoms with Gasteiger partial charge in [-0.05, 0) is 43.2 Å². The summed E-state index contributed by atoms with van der Waals surface area (Å²) in [6.45, 7) is 0.617. The Balaban J connectivity index is 1.74. The van der Waals surface area contributed by atoms with E-state index in [4.69, 9.17) is 21.2 Å². The molecule has 1 fully saturated rings. The summed E-state index contributed by atoms with van der Waals surface area (Å²) in [4.78, 5) is 30.4. The van der Waals surface area contributed by atoms with Crippen molar-refractivity contribution in [1.82, 2.24) is 5.48 Å². The molecule has 1 heterocycles. The molecule has 1 saturated heterocycles. The first-order valence-electron chi connectivity index (χ1n) is 8.12. The minimum atomic E-state index is -0.480. The number of benzene rings is 2. The van der Waals surface area contributed by atoms with Gasteiger partial charge in [0, 0.05) is 29.2 Å². The zero-order valence-electron chi connectivity index (χ0n) is 13.5. The van der Waals surface area contributed by atoms with Crippen molar-refractivity contribution in [2.24, 2.45) is 0 Å². The second kappa shape index (κ2) is 8.25. The molecule has 130 valence electrons. The number of rotatable bonds is 5. The van der Waals surface area contributed by atoms with Crippen LogP contribution in [0.25, 0.3) is 0 Å². The number of ketones is 1. The topological polar surface area (TPSA) is 64.6 Å². The van der Waals surface area contributed by atoms with Gasteiger partial charge in [-0.3, -0.25) is 9.59 Å². The summed E-state index contributed by atoms with van der Waals surface area (Å²) >= 11 is 5.86. The number of hydroxylamine groups is 1. The number of amides is 1. The summed E-state index contributed by atoms with van der Waals surface area (Å²) in [6, 6.07) is 13.2. The first kappa shape index (κ1) is 17.6. The minimum Gasteiger partial charge on any atom is -0.350 e. The third-order valence-electron chi connectivity index (χ3n) is 3.94. The van der Waals surface area contributed by atoms with Crippen LogP contribution in [0.3, 0.4) is 0 Å². The Hall–Kier alpha value is -2.21. The lowest BCUT2D eigenvalue weighted by atomic mass is 9.98. The Bertz CT molecular complexity index is 754.